The molecule has 0 radical (unpaired) electrons. The number of anilines is 1. The number of aryl methyl sites for hydroxylation is 2. The Labute approximate surface area is 72.5 Å². The lowest BCUT2D eigenvalue weighted by Crippen LogP contribution is -2.15. The number of hydrogen-bond donors (Lipinski definition) is 2. The van der Waals surface area contributed by atoms with Crippen LogP contribution in [0.3, 0.4) is 0 Å². The Kier molecular flexibility index (Phi) is 2.58. The number of nitrogen functional groups attached to an aromatic ring is 2. The summed E-state index contributed by atoms with van der Waals surface area (Å²) in [5.41, 5.74) is 6.67. The first-order valence-electron chi connectivity index (χ1n) is 4.31. The topological polar surface area (TPSA) is 69.9 Å². The van der Waals surface area contributed by atoms with Crippen LogP contribution < -0.4 is 11.6 Å². The van der Waals surface area contributed by atoms with E-state index in [1.807, 2.05) is 6.92 Å². The summed E-state index contributed by atoms with van der Waals surface area (Å²) in [5.74, 6) is 7.14. The Hall–Kier alpha value is -1.19. The van der Waals surface area contributed by atoms with E-state index in [0.717, 1.165) is 30.8 Å². The summed E-state index contributed by atoms with van der Waals surface area (Å²) in [5, 5.41) is 0. The highest BCUT2D eigenvalue weighted by Gasteiger charge is 2.09. The largest absolute Gasteiger partial charge is 0.382 e. The fourth-order valence-corrected chi connectivity index (χ4v) is 1.22. The second-order valence-corrected chi connectivity index (χ2v) is 2.83. The summed E-state index contributed by atoms with van der Waals surface area (Å²) in [4.78, 5) is 4.33. The molecule has 4 nitrogen and oxygen atoms in total. The highest BCUT2D eigenvalue weighted by atomic mass is 15.4. The van der Waals surface area contributed by atoms with Gasteiger partial charge in [-0.25, -0.2) is 9.66 Å². The van der Waals surface area contributed by atoms with Crippen LogP contribution in [0.5, 0.6) is 0 Å². The lowest BCUT2D eigenvalue weighted by molar-refractivity contribution is 0.854. The number of aromatic nitrogens is 2. The van der Waals surface area contributed by atoms with Crippen molar-refractivity contribution in [1.29, 1.82) is 0 Å². The van der Waals surface area contributed by atoms with Crippen LogP contribution in [0, 0.1) is 0 Å². The monoisotopic (exact) mass is 168 g/mol. The van der Waals surface area contributed by atoms with Gasteiger partial charge in [-0.15, -0.1) is 0 Å². The maximum Gasteiger partial charge on any atom is 0.145 e. The van der Waals surface area contributed by atoms with Crippen LogP contribution in [0.25, 0.3) is 0 Å². The molecule has 0 spiro atoms. The standard InChI is InChI=1S/C8H16N4/c1-3-5-6-8(9)12(10)7(4-2)11-6/h3-5,9-10H2,1-2H3. The molecule has 4 heteroatoms. The quantitative estimate of drug-likeness (QED) is 0.652. The van der Waals surface area contributed by atoms with Gasteiger partial charge in [0.15, 0.2) is 0 Å². The average Bonchev–Trinajstić information content (AvgIpc) is 2.33. The molecule has 68 valence electrons. The molecule has 0 aromatic carbocycles. The minimum Gasteiger partial charge on any atom is -0.382 e. The van der Waals surface area contributed by atoms with Gasteiger partial charge in [-0.2, -0.15) is 0 Å². The van der Waals surface area contributed by atoms with Crippen molar-refractivity contribution in [2.75, 3.05) is 11.6 Å². The van der Waals surface area contributed by atoms with Gasteiger partial charge in [0.25, 0.3) is 0 Å². The molecule has 0 unspecified atom stereocenters. The molecule has 0 bridgehead atoms. The van der Waals surface area contributed by atoms with E-state index in [2.05, 4.69) is 11.9 Å². The van der Waals surface area contributed by atoms with E-state index >= 15 is 0 Å². The predicted octanol–water partition coefficient (Wildman–Crippen LogP) is 0.694. The predicted molar refractivity (Wildman–Crippen MR) is 50.2 cm³/mol. The number of nitrogens with two attached hydrogens (primary N) is 2. The molecule has 1 aromatic heterocycles. The molecule has 0 aliphatic carbocycles. The van der Waals surface area contributed by atoms with Crippen LogP contribution in [0.1, 0.15) is 31.8 Å². The van der Waals surface area contributed by atoms with Crippen molar-refractivity contribution in [3.63, 3.8) is 0 Å². The molecule has 0 atom stereocenters. The molecule has 4 N–H and O–H groups in total. The van der Waals surface area contributed by atoms with Crippen LogP contribution in [-0.4, -0.2) is 9.66 Å². The van der Waals surface area contributed by atoms with Gasteiger partial charge in [-0.05, 0) is 6.42 Å². The smallest absolute Gasteiger partial charge is 0.145 e. The summed E-state index contributed by atoms with van der Waals surface area (Å²) in [6.45, 7) is 4.11. The summed E-state index contributed by atoms with van der Waals surface area (Å²) in [7, 11) is 0. The molecule has 1 heterocycles. The number of rotatable bonds is 3. The lowest BCUT2D eigenvalue weighted by atomic mass is 10.2. The molecule has 12 heavy (non-hydrogen) atoms. The van der Waals surface area contributed by atoms with Crippen LogP contribution in [0.2, 0.25) is 0 Å². The molecular weight excluding hydrogens is 152 g/mol. The first-order valence-corrected chi connectivity index (χ1v) is 4.31. The van der Waals surface area contributed by atoms with Crippen LogP contribution in [0.15, 0.2) is 0 Å². The Morgan fingerprint density at radius 3 is 2.50 bits per heavy atom. The van der Waals surface area contributed by atoms with Gasteiger partial charge in [-0.1, -0.05) is 20.3 Å². The van der Waals surface area contributed by atoms with Crippen molar-refractivity contribution in [2.24, 2.45) is 0 Å². The highest BCUT2D eigenvalue weighted by molar-refractivity contribution is 5.38. The highest BCUT2D eigenvalue weighted by Crippen LogP contribution is 2.13. The molecular formula is C8H16N4. The molecule has 1 aromatic rings. The van der Waals surface area contributed by atoms with Gasteiger partial charge in [0.2, 0.25) is 0 Å². The van der Waals surface area contributed by atoms with Gasteiger partial charge >= 0.3 is 0 Å². The summed E-state index contributed by atoms with van der Waals surface area (Å²) in [6, 6.07) is 0. The van der Waals surface area contributed by atoms with Crippen molar-refractivity contribution in [3.8, 4) is 0 Å². The maximum atomic E-state index is 5.74. The Bertz CT molecular complexity index is 264. The first kappa shape index (κ1) is 8.90. The second-order valence-electron chi connectivity index (χ2n) is 2.83. The van der Waals surface area contributed by atoms with Gasteiger partial charge in [0.1, 0.15) is 11.6 Å². The molecule has 0 aliphatic heterocycles. The van der Waals surface area contributed by atoms with Crippen molar-refractivity contribution < 1.29 is 0 Å². The fraction of sp³-hybridized carbons (Fsp3) is 0.625. The minimum atomic E-state index is 0.605. The normalized spacial score (nSPS) is 10.5. The van der Waals surface area contributed by atoms with E-state index in [0.29, 0.717) is 5.82 Å². The van der Waals surface area contributed by atoms with Crippen molar-refractivity contribution in [2.45, 2.75) is 33.1 Å². The van der Waals surface area contributed by atoms with Gasteiger partial charge < -0.3 is 11.6 Å². The zero-order valence-corrected chi connectivity index (χ0v) is 7.67. The van der Waals surface area contributed by atoms with E-state index in [4.69, 9.17) is 11.6 Å². The molecule has 0 amide bonds. The van der Waals surface area contributed by atoms with E-state index in [9.17, 15) is 0 Å². The Morgan fingerprint density at radius 2 is 2.08 bits per heavy atom. The Morgan fingerprint density at radius 1 is 1.42 bits per heavy atom. The summed E-state index contributed by atoms with van der Waals surface area (Å²) >= 11 is 0. The molecule has 0 saturated heterocycles. The summed E-state index contributed by atoms with van der Waals surface area (Å²) in [6.07, 6.45) is 2.78. The van der Waals surface area contributed by atoms with Crippen LogP contribution in [-0.2, 0) is 12.8 Å². The number of nitrogens with zero attached hydrogens (tertiary/aromatic N) is 2. The third kappa shape index (κ3) is 1.37. The van der Waals surface area contributed by atoms with E-state index in [1.54, 1.807) is 0 Å². The van der Waals surface area contributed by atoms with E-state index < -0.39 is 0 Å². The van der Waals surface area contributed by atoms with Crippen LogP contribution >= 0.6 is 0 Å². The molecule has 0 aliphatic rings. The maximum absolute atomic E-state index is 5.74. The molecule has 0 saturated carbocycles. The molecule has 1 rings (SSSR count). The van der Waals surface area contributed by atoms with Gasteiger partial charge in [-0.3, -0.25) is 0 Å². The van der Waals surface area contributed by atoms with Crippen LogP contribution in [0.4, 0.5) is 5.82 Å². The van der Waals surface area contributed by atoms with Gasteiger partial charge in [0.05, 0.1) is 5.69 Å². The SMILES string of the molecule is CCCc1nc(CC)n(N)c1N. The molecule has 0 fully saturated rings. The number of imidazole rings is 1. The average molecular weight is 168 g/mol. The third-order valence-corrected chi connectivity index (χ3v) is 1.90. The summed E-state index contributed by atoms with van der Waals surface area (Å²) < 4.78 is 1.48. The van der Waals surface area contributed by atoms with Gasteiger partial charge in [0, 0.05) is 6.42 Å². The zero-order valence-electron chi connectivity index (χ0n) is 7.67. The van der Waals surface area contributed by atoms with E-state index in [1.165, 1.54) is 4.68 Å². The fourth-order valence-electron chi connectivity index (χ4n) is 1.22. The second kappa shape index (κ2) is 3.47. The zero-order chi connectivity index (χ0) is 9.14. The van der Waals surface area contributed by atoms with Crippen molar-refractivity contribution in [1.82, 2.24) is 9.66 Å². The van der Waals surface area contributed by atoms with Crippen molar-refractivity contribution in [3.05, 3.63) is 11.5 Å². The first-order chi connectivity index (χ1) is 5.70. The minimum absolute atomic E-state index is 0.605. The lowest BCUT2D eigenvalue weighted by Gasteiger charge is -1.98. The van der Waals surface area contributed by atoms with E-state index in [-0.39, 0.29) is 0 Å². The number of hydrogen-bond acceptors (Lipinski definition) is 3. The Balaban J connectivity index is 2.98. The van der Waals surface area contributed by atoms with Crippen molar-refractivity contribution >= 4 is 5.82 Å². The third-order valence-electron chi connectivity index (χ3n) is 1.90.